The van der Waals surface area contributed by atoms with Gasteiger partial charge in [-0.1, -0.05) is 48.5 Å². The summed E-state index contributed by atoms with van der Waals surface area (Å²) < 4.78 is 5.18. The fraction of sp³-hybridized carbons (Fsp3) is 0.0556. The molecule has 0 fully saturated rings. The van der Waals surface area contributed by atoms with Crippen LogP contribution in [0.25, 0.3) is 10.8 Å². The number of carbonyl (C=O) groups excluding carboxylic acids is 1. The maximum Gasteiger partial charge on any atom is 0.195 e. The maximum absolute atomic E-state index is 12.8. The number of anilines is 1. The Morgan fingerprint density at radius 3 is 2.38 bits per heavy atom. The molecule has 0 spiro atoms. The number of para-hydroxylation sites is 1. The first-order chi connectivity index (χ1) is 10.2. The molecular formula is C18H15NO2. The first-order valence-electron chi connectivity index (χ1n) is 6.67. The number of methoxy groups -OCH3 is 1. The number of hydrogen-bond acceptors (Lipinski definition) is 3. The van der Waals surface area contributed by atoms with Gasteiger partial charge in [0, 0.05) is 11.1 Å². The van der Waals surface area contributed by atoms with E-state index in [1.807, 2.05) is 42.5 Å². The van der Waals surface area contributed by atoms with Gasteiger partial charge in [0.1, 0.15) is 5.75 Å². The van der Waals surface area contributed by atoms with Crippen LogP contribution in [-0.4, -0.2) is 12.9 Å². The number of fused-ring (bicyclic) bond motifs is 1. The number of nitrogens with two attached hydrogens (primary N) is 1. The highest BCUT2D eigenvalue weighted by Gasteiger charge is 2.16. The van der Waals surface area contributed by atoms with Crippen molar-refractivity contribution in [3.8, 4) is 5.75 Å². The van der Waals surface area contributed by atoms with Crippen molar-refractivity contribution in [2.45, 2.75) is 0 Å². The molecule has 0 amide bonds. The molecule has 0 saturated carbocycles. The highest BCUT2D eigenvalue weighted by molar-refractivity contribution is 6.18. The Labute approximate surface area is 123 Å². The Kier molecular flexibility index (Phi) is 3.32. The summed E-state index contributed by atoms with van der Waals surface area (Å²) in [4.78, 5) is 12.8. The molecule has 0 saturated heterocycles. The third-order valence-corrected chi connectivity index (χ3v) is 3.56. The lowest BCUT2D eigenvalue weighted by molar-refractivity contribution is 0.104. The topological polar surface area (TPSA) is 52.3 Å². The van der Waals surface area contributed by atoms with Crippen molar-refractivity contribution in [3.63, 3.8) is 0 Å². The van der Waals surface area contributed by atoms with Crippen LogP contribution in [0.3, 0.4) is 0 Å². The van der Waals surface area contributed by atoms with Gasteiger partial charge in [0.25, 0.3) is 0 Å². The van der Waals surface area contributed by atoms with E-state index in [4.69, 9.17) is 10.5 Å². The van der Waals surface area contributed by atoms with Crippen molar-refractivity contribution < 1.29 is 9.53 Å². The van der Waals surface area contributed by atoms with E-state index in [0.29, 0.717) is 22.6 Å². The fourth-order valence-corrected chi connectivity index (χ4v) is 2.49. The van der Waals surface area contributed by atoms with E-state index < -0.39 is 0 Å². The second kappa shape index (κ2) is 5.29. The van der Waals surface area contributed by atoms with Gasteiger partial charge in [0.15, 0.2) is 5.78 Å². The fourth-order valence-electron chi connectivity index (χ4n) is 2.49. The lowest BCUT2D eigenvalue weighted by Gasteiger charge is -2.10. The van der Waals surface area contributed by atoms with Gasteiger partial charge in [-0.05, 0) is 22.9 Å². The molecule has 0 aliphatic heterocycles. The van der Waals surface area contributed by atoms with Crippen LogP contribution in [0.15, 0.2) is 60.7 Å². The van der Waals surface area contributed by atoms with Crippen LogP contribution in [0.5, 0.6) is 5.75 Å². The zero-order valence-electron chi connectivity index (χ0n) is 11.7. The number of ether oxygens (including phenoxy) is 1. The molecule has 3 aromatic carbocycles. The lowest BCUT2D eigenvalue weighted by Crippen LogP contribution is -2.07. The lowest BCUT2D eigenvalue weighted by atomic mass is 9.96. The SMILES string of the molecule is COc1cccc(C(=O)c2cccc3ccccc23)c1N. The number of hydrogen-bond donors (Lipinski definition) is 1. The summed E-state index contributed by atoms with van der Waals surface area (Å²) in [6.45, 7) is 0. The average molecular weight is 277 g/mol. The number of nitrogen functional groups attached to an aromatic ring is 1. The molecule has 0 heterocycles. The predicted octanol–water partition coefficient (Wildman–Crippen LogP) is 3.66. The minimum absolute atomic E-state index is 0.0943. The Balaban J connectivity index is 2.18. The maximum atomic E-state index is 12.8. The number of ketones is 1. The van der Waals surface area contributed by atoms with Crippen molar-refractivity contribution in [1.82, 2.24) is 0 Å². The van der Waals surface area contributed by atoms with Crippen LogP contribution < -0.4 is 10.5 Å². The van der Waals surface area contributed by atoms with Crippen LogP contribution in [0.1, 0.15) is 15.9 Å². The minimum atomic E-state index is -0.0943. The zero-order chi connectivity index (χ0) is 14.8. The third kappa shape index (κ3) is 2.23. The highest BCUT2D eigenvalue weighted by atomic mass is 16.5. The summed E-state index contributed by atoms with van der Waals surface area (Å²) in [7, 11) is 1.54. The van der Waals surface area contributed by atoms with Gasteiger partial charge in [-0.15, -0.1) is 0 Å². The van der Waals surface area contributed by atoms with Gasteiger partial charge in [0.2, 0.25) is 0 Å². The smallest absolute Gasteiger partial charge is 0.195 e. The highest BCUT2D eigenvalue weighted by Crippen LogP contribution is 2.29. The van der Waals surface area contributed by atoms with E-state index in [0.717, 1.165) is 10.8 Å². The normalized spacial score (nSPS) is 10.5. The van der Waals surface area contributed by atoms with Gasteiger partial charge >= 0.3 is 0 Å². The van der Waals surface area contributed by atoms with Crippen molar-refractivity contribution in [3.05, 3.63) is 71.8 Å². The van der Waals surface area contributed by atoms with Gasteiger partial charge < -0.3 is 10.5 Å². The summed E-state index contributed by atoms with van der Waals surface area (Å²) in [6, 6.07) is 18.7. The van der Waals surface area contributed by atoms with Crippen LogP contribution in [0.2, 0.25) is 0 Å². The molecule has 3 aromatic rings. The molecule has 2 N–H and O–H groups in total. The van der Waals surface area contributed by atoms with E-state index in [1.54, 1.807) is 18.2 Å². The second-order valence-electron chi connectivity index (χ2n) is 4.78. The molecule has 0 unspecified atom stereocenters. The summed E-state index contributed by atoms with van der Waals surface area (Å²) in [5, 5.41) is 1.96. The summed E-state index contributed by atoms with van der Waals surface area (Å²) in [5.41, 5.74) is 7.51. The molecule has 0 aromatic heterocycles. The number of carbonyl (C=O) groups is 1. The molecule has 0 aliphatic carbocycles. The van der Waals surface area contributed by atoms with E-state index in [-0.39, 0.29) is 5.78 Å². The van der Waals surface area contributed by atoms with Crippen LogP contribution in [-0.2, 0) is 0 Å². The molecular weight excluding hydrogens is 262 g/mol. The zero-order valence-corrected chi connectivity index (χ0v) is 11.7. The van der Waals surface area contributed by atoms with Gasteiger partial charge in [-0.25, -0.2) is 0 Å². The average Bonchev–Trinajstić information content (AvgIpc) is 2.54. The van der Waals surface area contributed by atoms with Crippen molar-refractivity contribution in [2.75, 3.05) is 12.8 Å². The Hall–Kier alpha value is -2.81. The van der Waals surface area contributed by atoms with Crippen LogP contribution >= 0.6 is 0 Å². The molecule has 104 valence electrons. The summed E-state index contributed by atoms with van der Waals surface area (Å²) in [5.74, 6) is 0.421. The van der Waals surface area contributed by atoms with Crippen molar-refractivity contribution in [1.29, 1.82) is 0 Å². The van der Waals surface area contributed by atoms with Gasteiger partial charge in [0.05, 0.1) is 12.8 Å². The first-order valence-corrected chi connectivity index (χ1v) is 6.67. The quantitative estimate of drug-likeness (QED) is 0.587. The van der Waals surface area contributed by atoms with E-state index >= 15 is 0 Å². The molecule has 21 heavy (non-hydrogen) atoms. The Morgan fingerprint density at radius 2 is 1.57 bits per heavy atom. The second-order valence-corrected chi connectivity index (χ2v) is 4.78. The molecule has 3 heteroatoms. The number of rotatable bonds is 3. The van der Waals surface area contributed by atoms with Gasteiger partial charge in [-0.2, -0.15) is 0 Å². The minimum Gasteiger partial charge on any atom is -0.495 e. The summed E-state index contributed by atoms with van der Waals surface area (Å²) >= 11 is 0. The monoisotopic (exact) mass is 277 g/mol. The molecule has 0 bridgehead atoms. The van der Waals surface area contributed by atoms with E-state index in [2.05, 4.69) is 0 Å². The molecule has 0 radical (unpaired) electrons. The largest absolute Gasteiger partial charge is 0.495 e. The summed E-state index contributed by atoms with van der Waals surface area (Å²) in [6.07, 6.45) is 0. The van der Waals surface area contributed by atoms with Crippen LogP contribution in [0, 0.1) is 0 Å². The predicted molar refractivity (Wildman–Crippen MR) is 84.8 cm³/mol. The van der Waals surface area contributed by atoms with E-state index in [1.165, 1.54) is 7.11 Å². The van der Waals surface area contributed by atoms with Crippen molar-refractivity contribution >= 4 is 22.2 Å². The molecule has 3 nitrogen and oxygen atoms in total. The Bertz CT molecular complexity index is 819. The number of benzene rings is 3. The Morgan fingerprint density at radius 1 is 0.905 bits per heavy atom. The standard InChI is InChI=1S/C18H15NO2/c1-21-16-11-5-10-15(17(16)19)18(20)14-9-4-7-12-6-2-3-8-13(12)14/h2-11H,19H2,1H3. The van der Waals surface area contributed by atoms with Crippen LogP contribution in [0.4, 0.5) is 5.69 Å². The molecule has 3 rings (SSSR count). The van der Waals surface area contributed by atoms with Gasteiger partial charge in [-0.3, -0.25) is 4.79 Å². The third-order valence-electron chi connectivity index (χ3n) is 3.56. The first kappa shape index (κ1) is 13.2. The molecule has 0 atom stereocenters. The molecule has 0 aliphatic rings. The van der Waals surface area contributed by atoms with E-state index in [9.17, 15) is 4.79 Å². The van der Waals surface area contributed by atoms with Crippen molar-refractivity contribution in [2.24, 2.45) is 0 Å².